The molecular weight excluding hydrogens is 167 g/mol. The Hall–Kier alpha value is -1.65. The van der Waals surface area contributed by atoms with Gasteiger partial charge in [-0.05, 0) is 0 Å². The molecule has 66 valence electrons. The zero-order valence-corrected chi connectivity index (χ0v) is 6.97. The third kappa shape index (κ3) is 3.07. The summed E-state index contributed by atoms with van der Waals surface area (Å²) in [7, 11) is 0.795. The molecule has 0 aromatic heterocycles. The second-order valence-corrected chi connectivity index (χ2v) is 2.41. The molecule has 0 aliphatic carbocycles. The van der Waals surface area contributed by atoms with Crippen molar-refractivity contribution in [1.29, 1.82) is 0 Å². The van der Waals surface area contributed by atoms with Crippen LogP contribution in [-0.2, 0) is 4.70 Å². The molecule has 0 spiro atoms. The molecule has 0 fully saturated rings. The molecule has 5 heteroatoms. The molecule has 0 heterocycles. The van der Waals surface area contributed by atoms with Crippen LogP contribution in [0.15, 0.2) is 29.4 Å². The quantitative estimate of drug-likeness (QED) is 0.310. The number of hydrogen-bond donors (Lipinski definition) is 2. The van der Waals surface area contributed by atoms with E-state index in [0.717, 1.165) is 18.4 Å². The molecule has 0 saturated heterocycles. The van der Waals surface area contributed by atoms with E-state index in [4.69, 9.17) is 5.21 Å². The van der Waals surface area contributed by atoms with Crippen molar-refractivity contribution >= 4 is 19.1 Å². The van der Waals surface area contributed by atoms with Gasteiger partial charge in [0, 0.05) is 0 Å². The molecular formula is C8H9BN2O2. The Balaban J connectivity index is 2.63. The van der Waals surface area contributed by atoms with E-state index in [1.807, 2.05) is 0 Å². The van der Waals surface area contributed by atoms with Crippen LogP contribution in [0, 0.1) is 0 Å². The maximum absolute atomic E-state index is 10.0. The number of rotatable bonds is 4. The first-order chi connectivity index (χ1) is 6.36. The maximum atomic E-state index is 10.0. The van der Waals surface area contributed by atoms with Crippen molar-refractivity contribution in [2.24, 2.45) is 5.16 Å². The Kier molecular flexibility index (Phi) is 3.69. The van der Waals surface area contributed by atoms with Crippen LogP contribution in [0.5, 0.6) is 0 Å². The molecule has 0 unspecified atom stereocenters. The number of oxime groups is 1. The number of benzene rings is 1. The molecule has 1 aromatic rings. The van der Waals surface area contributed by atoms with Gasteiger partial charge in [-0.2, -0.15) is 0 Å². The Labute approximate surface area is 76.5 Å². The van der Waals surface area contributed by atoms with Crippen LogP contribution in [-0.4, -0.2) is 25.0 Å². The third-order valence-corrected chi connectivity index (χ3v) is 1.51. The molecule has 0 aliphatic rings. The summed E-state index contributed by atoms with van der Waals surface area (Å²) >= 11 is 0. The Bertz CT molecular complexity index is 298. The molecule has 2 N–H and O–H groups in total. The summed E-state index contributed by atoms with van der Waals surface area (Å²) in [5.41, 5.74) is 1.67. The first-order valence-corrected chi connectivity index (χ1v) is 3.82. The minimum absolute atomic E-state index is 0.299. The fraction of sp³-hybridized carbons (Fsp3) is 0.125. The summed E-state index contributed by atoms with van der Waals surface area (Å²) in [5, 5.41) is 14.0. The topological polar surface area (TPSA) is 61.7 Å². The standard InChI is InChI=1S/C8H9BN2O2/c12-9-6-10-8-3-1-7(2-4-8)5-11-13/h1-5,10,13H,6H2/b11-5-. The molecule has 1 aromatic carbocycles. The minimum atomic E-state index is 0.299. The average Bonchev–Trinajstić information content (AvgIpc) is 2.17. The van der Waals surface area contributed by atoms with E-state index < -0.39 is 0 Å². The van der Waals surface area contributed by atoms with Gasteiger partial charge in [-0.3, -0.25) is 0 Å². The van der Waals surface area contributed by atoms with E-state index in [2.05, 4.69) is 10.5 Å². The number of nitrogens with zero attached hydrogens (tertiary/aromatic N) is 1. The second kappa shape index (κ2) is 5.08. The molecule has 0 atom stereocenters. The van der Waals surface area contributed by atoms with E-state index in [-0.39, 0.29) is 0 Å². The molecule has 0 amide bonds. The predicted molar refractivity (Wildman–Crippen MR) is 50.8 cm³/mol. The summed E-state index contributed by atoms with van der Waals surface area (Å²) in [6.45, 7) is 0. The van der Waals surface area contributed by atoms with Gasteiger partial charge in [-0.15, -0.1) is 0 Å². The predicted octanol–water partition coefficient (Wildman–Crippen LogP) is 0.914. The third-order valence-electron chi connectivity index (χ3n) is 1.51. The first-order valence-electron chi connectivity index (χ1n) is 3.82. The molecule has 0 bridgehead atoms. The van der Waals surface area contributed by atoms with Crippen molar-refractivity contribution in [3.63, 3.8) is 0 Å². The van der Waals surface area contributed by atoms with Gasteiger partial charge in [-0.1, -0.05) is 0 Å². The summed E-state index contributed by atoms with van der Waals surface area (Å²) in [5.74, 6) is 0. The van der Waals surface area contributed by atoms with E-state index in [9.17, 15) is 4.70 Å². The van der Waals surface area contributed by atoms with Crippen molar-refractivity contribution in [2.45, 2.75) is 0 Å². The van der Waals surface area contributed by atoms with E-state index in [1.165, 1.54) is 6.21 Å². The fourth-order valence-electron chi connectivity index (χ4n) is 0.913. The Morgan fingerprint density at radius 2 is 2.15 bits per heavy atom. The summed E-state index contributed by atoms with van der Waals surface area (Å²) in [4.78, 5) is 0. The summed E-state index contributed by atoms with van der Waals surface area (Å²) in [6, 6.07) is 7.18. The summed E-state index contributed by atoms with van der Waals surface area (Å²) in [6.07, 6.45) is 1.64. The van der Waals surface area contributed by atoms with Crippen LogP contribution in [0.25, 0.3) is 0 Å². The Morgan fingerprint density at radius 3 is 2.69 bits per heavy atom. The number of anilines is 1. The second-order valence-electron chi connectivity index (χ2n) is 2.41. The first kappa shape index (κ1) is 9.44. The van der Waals surface area contributed by atoms with Crippen LogP contribution in [0.1, 0.15) is 5.56 Å². The van der Waals surface area contributed by atoms with Crippen molar-refractivity contribution in [3.05, 3.63) is 29.8 Å². The van der Waals surface area contributed by atoms with Gasteiger partial charge in [0.1, 0.15) is 0 Å². The van der Waals surface area contributed by atoms with Gasteiger partial charge >= 0.3 is 75.7 Å². The monoisotopic (exact) mass is 176 g/mol. The van der Waals surface area contributed by atoms with Crippen molar-refractivity contribution in [1.82, 2.24) is 0 Å². The fourth-order valence-corrected chi connectivity index (χ4v) is 0.913. The van der Waals surface area contributed by atoms with Gasteiger partial charge in [0.05, 0.1) is 0 Å². The number of nitrogens with one attached hydrogen (secondary N) is 1. The molecule has 13 heavy (non-hydrogen) atoms. The van der Waals surface area contributed by atoms with Crippen LogP contribution < -0.4 is 5.32 Å². The van der Waals surface area contributed by atoms with Gasteiger partial charge in [0.15, 0.2) is 0 Å². The zero-order chi connectivity index (χ0) is 9.52. The number of hydrogen-bond acceptors (Lipinski definition) is 4. The normalized spacial score (nSPS) is 9.85. The van der Waals surface area contributed by atoms with E-state index in [0.29, 0.717) is 6.44 Å². The zero-order valence-electron chi connectivity index (χ0n) is 6.97. The van der Waals surface area contributed by atoms with Gasteiger partial charge in [-0.25, -0.2) is 0 Å². The van der Waals surface area contributed by atoms with Crippen LogP contribution in [0.4, 0.5) is 5.69 Å². The summed E-state index contributed by atoms with van der Waals surface area (Å²) < 4.78 is 10.0. The van der Waals surface area contributed by atoms with E-state index >= 15 is 0 Å². The van der Waals surface area contributed by atoms with Crippen molar-refractivity contribution < 1.29 is 9.91 Å². The molecule has 1 rings (SSSR count). The van der Waals surface area contributed by atoms with Crippen molar-refractivity contribution in [3.8, 4) is 0 Å². The van der Waals surface area contributed by atoms with Crippen LogP contribution in [0.3, 0.4) is 0 Å². The van der Waals surface area contributed by atoms with Crippen LogP contribution >= 0.6 is 0 Å². The Morgan fingerprint density at radius 1 is 1.46 bits per heavy atom. The van der Waals surface area contributed by atoms with Crippen LogP contribution in [0.2, 0.25) is 0 Å². The van der Waals surface area contributed by atoms with E-state index in [1.54, 1.807) is 24.3 Å². The van der Waals surface area contributed by atoms with Gasteiger partial charge in [0.25, 0.3) is 0 Å². The van der Waals surface area contributed by atoms with Crippen molar-refractivity contribution in [2.75, 3.05) is 11.8 Å². The molecule has 4 nitrogen and oxygen atoms in total. The average molecular weight is 176 g/mol. The molecule has 0 aliphatic heterocycles. The van der Waals surface area contributed by atoms with Gasteiger partial charge in [0.2, 0.25) is 0 Å². The molecule has 0 saturated carbocycles. The SMILES string of the molecule is O=BCNc1ccc(/C=N\O)cc1. The molecule has 0 radical (unpaired) electrons. The van der Waals surface area contributed by atoms with Gasteiger partial charge < -0.3 is 0 Å².